The fourth-order valence-electron chi connectivity index (χ4n) is 2.65. The lowest BCUT2D eigenvalue weighted by atomic mass is 10.1. The lowest BCUT2D eigenvalue weighted by molar-refractivity contribution is 0.133. The van der Waals surface area contributed by atoms with Crippen LogP contribution in [-0.2, 0) is 0 Å². The first-order valence-electron chi connectivity index (χ1n) is 6.81. The number of likely N-dealkylation sites (tertiary alicyclic amines) is 1. The van der Waals surface area contributed by atoms with Gasteiger partial charge in [-0.1, -0.05) is 0 Å². The van der Waals surface area contributed by atoms with Gasteiger partial charge in [-0.2, -0.15) is 5.26 Å². The molecule has 1 atom stereocenters. The molecule has 6 nitrogen and oxygen atoms in total. The Bertz CT molecular complexity index is 770. The molecule has 0 bridgehead atoms. The van der Waals surface area contributed by atoms with Crippen LogP contribution in [0.3, 0.4) is 0 Å². The number of pyridine rings is 1. The molecule has 2 aromatic rings. The zero-order valence-corrected chi connectivity index (χ0v) is 14.5. The Balaban J connectivity index is 1.88. The Labute approximate surface area is 144 Å². The van der Waals surface area contributed by atoms with Crippen LogP contribution in [0.4, 0.5) is 10.6 Å². The number of amides is 1. The smallest absolute Gasteiger partial charge is 0.407 e. The summed E-state index contributed by atoms with van der Waals surface area (Å²) in [6.07, 6.45) is 2.45. The van der Waals surface area contributed by atoms with Gasteiger partial charge in [0.2, 0.25) is 0 Å². The second-order valence-electron chi connectivity index (χ2n) is 5.14. The van der Waals surface area contributed by atoms with E-state index in [9.17, 15) is 10.1 Å². The number of rotatable bonds is 2. The molecule has 1 aliphatic rings. The highest BCUT2D eigenvalue weighted by molar-refractivity contribution is 14.1. The molecule has 1 amide bonds. The lowest BCUT2D eigenvalue weighted by Crippen LogP contribution is -2.44. The standard InChI is InChI=1S/C14H13IN4O2S/c15-11-4-10-12(22-11)8(5-16)6-17-13(10)18-9-2-1-3-19(7-9)14(20)21/h4,6,9H,1-3,7H2,(H,17,18)(H,20,21)/t9-/m0/s1. The number of hydrogen-bond donors (Lipinski definition) is 2. The summed E-state index contributed by atoms with van der Waals surface area (Å²) in [6.45, 7) is 1.04. The highest BCUT2D eigenvalue weighted by Crippen LogP contribution is 2.33. The number of anilines is 1. The Hall–Kier alpha value is -1.60. The molecule has 0 saturated carbocycles. The van der Waals surface area contributed by atoms with Gasteiger partial charge in [0.15, 0.2) is 0 Å². The van der Waals surface area contributed by atoms with Crippen molar-refractivity contribution in [2.75, 3.05) is 18.4 Å². The number of carbonyl (C=O) groups is 1. The molecule has 22 heavy (non-hydrogen) atoms. The van der Waals surface area contributed by atoms with E-state index in [1.54, 1.807) is 17.5 Å². The van der Waals surface area contributed by atoms with E-state index in [2.05, 4.69) is 39.0 Å². The first-order valence-corrected chi connectivity index (χ1v) is 8.70. The van der Waals surface area contributed by atoms with Crippen LogP contribution >= 0.6 is 33.9 Å². The number of carboxylic acid groups (broad SMARTS) is 1. The number of nitriles is 1. The largest absolute Gasteiger partial charge is 0.465 e. The lowest BCUT2D eigenvalue weighted by Gasteiger charge is -2.31. The van der Waals surface area contributed by atoms with Crippen molar-refractivity contribution in [2.24, 2.45) is 0 Å². The predicted molar refractivity (Wildman–Crippen MR) is 93.3 cm³/mol. The number of piperidine rings is 1. The maximum absolute atomic E-state index is 11.1. The minimum atomic E-state index is -0.880. The number of hydrogen-bond acceptors (Lipinski definition) is 5. The maximum atomic E-state index is 11.1. The van der Waals surface area contributed by atoms with Gasteiger partial charge in [-0.05, 0) is 41.5 Å². The summed E-state index contributed by atoms with van der Waals surface area (Å²) in [5.74, 6) is 0.727. The van der Waals surface area contributed by atoms with E-state index in [-0.39, 0.29) is 6.04 Å². The van der Waals surface area contributed by atoms with Gasteiger partial charge in [0.05, 0.1) is 13.1 Å². The summed E-state index contributed by atoms with van der Waals surface area (Å²) in [5, 5.41) is 22.6. The van der Waals surface area contributed by atoms with Crippen molar-refractivity contribution in [1.82, 2.24) is 9.88 Å². The topological polar surface area (TPSA) is 89.3 Å². The van der Waals surface area contributed by atoms with Crippen LogP contribution in [0.2, 0.25) is 0 Å². The van der Waals surface area contributed by atoms with Crippen LogP contribution in [0, 0.1) is 14.2 Å². The third-order valence-electron chi connectivity index (χ3n) is 3.68. The Morgan fingerprint density at radius 2 is 2.45 bits per heavy atom. The molecule has 8 heteroatoms. The van der Waals surface area contributed by atoms with Gasteiger partial charge in [-0.15, -0.1) is 11.3 Å². The highest BCUT2D eigenvalue weighted by Gasteiger charge is 2.24. The van der Waals surface area contributed by atoms with Crippen LogP contribution in [0.1, 0.15) is 18.4 Å². The summed E-state index contributed by atoms with van der Waals surface area (Å²) < 4.78 is 2.02. The fourth-order valence-corrected chi connectivity index (χ4v) is 4.47. The molecule has 0 aliphatic carbocycles. The van der Waals surface area contributed by atoms with E-state index in [0.29, 0.717) is 18.7 Å². The normalized spacial score (nSPS) is 18.2. The molecule has 2 aromatic heterocycles. The minimum absolute atomic E-state index is 0.0473. The first kappa shape index (κ1) is 15.3. The summed E-state index contributed by atoms with van der Waals surface area (Å²) in [6, 6.07) is 4.22. The van der Waals surface area contributed by atoms with Crippen molar-refractivity contribution in [3.8, 4) is 6.07 Å². The summed E-state index contributed by atoms with van der Waals surface area (Å²) in [4.78, 5) is 16.9. The molecule has 1 saturated heterocycles. The van der Waals surface area contributed by atoms with Gasteiger partial charge in [-0.25, -0.2) is 9.78 Å². The average molecular weight is 428 g/mol. The molecule has 3 heterocycles. The van der Waals surface area contributed by atoms with Crippen LogP contribution in [0.15, 0.2) is 12.3 Å². The molecule has 1 aliphatic heterocycles. The van der Waals surface area contributed by atoms with E-state index in [1.807, 2.05) is 6.07 Å². The predicted octanol–water partition coefficient (Wildman–Crippen LogP) is 3.33. The van der Waals surface area contributed by atoms with E-state index in [1.165, 1.54) is 4.90 Å². The van der Waals surface area contributed by atoms with E-state index < -0.39 is 6.09 Å². The second-order valence-corrected chi connectivity index (χ2v) is 8.08. The van der Waals surface area contributed by atoms with Crippen molar-refractivity contribution in [2.45, 2.75) is 18.9 Å². The molecular weight excluding hydrogens is 415 g/mol. The van der Waals surface area contributed by atoms with E-state index in [0.717, 1.165) is 31.6 Å². The van der Waals surface area contributed by atoms with Crippen molar-refractivity contribution >= 4 is 55.9 Å². The van der Waals surface area contributed by atoms with Gasteiger partial charge in [0.1, 0.15) is 11.9 Å². The van der Waals surface area contributed by atoms with Crippen molar-refractivity contribution in [1.29, 1.82) is 5.26 Å². The van der Waals surface area contributed by atoms with E-state index in [4.69, 9.17) is 5.11 Å². The Kier molecular flexibility index (Phi) is 4.35. The maximum Gasteiger partial charge on any atom is 0.407 e. The number of aromatic nitrogens is 1. The van der Waals surface area contributed by atoms with Crippen LogP contribution < -0.4 is 5.32 Å². The van der Waals surface area contributed by atoms with Gasteiger partial charge in [-0.3, -0.25) is 0 Å². The molecule has 114 valence electrons. The third-order valence-corrected chi connectivity index (χ3v) is 5.61. The molecule has 2 N–H and O–H groups in total. The number of halogens is 1. The van der Waals surface area contributed by atoms with Crippen LogP contribution in [0.5, 0.6) is 0 Å². The van der Waals surface area contributed by atoms with Gasteiger partial charge >= 0.3 is 6.09 Å². The van der Waals surface area contributed by atoms with Gasteiger partial charge in [0, 0.05) is 30.7 Å². The summed E-state index contributed by atoms with van der Waals surface area (Å²) in [7, 11) is 0. The van der Waals surface area contributed by atoms with E-state index >= 15 is 0 Å². The second kappa shape index (κ2) is 6.26. The van der Waals surface area contributed by atoms with Gasteiger partial charge in [0.25, 0.3) is 0 Å². The zero-order chi connectivity index (χ0) is 15.7. The molecule has 1 fully saturated rings. The minimum Gasteiger partial charge on any atom is -0.465 e. The highest BCUT2D eigenvalue weighted by atomic mass is 127. The van der Waals surface area contributed by atoms with Crippen LogP contribution in [0.25, 0.3) is 10.1 Å². The molecule has 3 rings (SSSR count). The van der Waals surface area contributed by atoms with Gasteiger partial charge < -0.3 is 15.3 Å². The monoisotopic (exact) mass is 428 g/mol. The fraction of sp³-hybridized carbons (Fsp3) is 0.357. The van der Waals surface area contributed by atoms with Crippen molar-refractivity contribution in [3.63, 3.8) is 0 Å². The quantitative estimate of drug-likeness (QED) is 0.717. The van der Waals surface area contributed by atoms with Crippen molar-refractivity contribution < 1.29 is 9.90 Å². The zero-order valence-electron chi connectivity index (χ0n) is 11.5. The number of fused-ring (bicyclic) bond motifs is 1. The summed E-state index contributed by atoms with van der Waals surface area (Å²) >= 11 is 3.80. The third kappa shape index (κ3) is 2.96. The number of nitrogens with zero attached hydrogens (tertiary/aromatic N) is 3. The summed E-state index contributed by atoms with van der Waals surface area (Å²) in [5.41, 5.74) is 0.573. The number of thiophene rings is 1. The Morgan fingerprint density at radius 1 is 1.64 bits per heavy atom. The molecule has 0 spiro atoms. The average Bonchev–Trinajstić information content (AvgIpc) is 2.90. The molecular formula is C14H13IN4O2S. The molecule has 0 unspecified atom stereocenters. The number of nitrogens with one attached hydrogen (secondary N) is 1. The molecule has 0 radical (unpaired) electrons. The van der Waals surface area contributed by atoms with Crippen LogP contribution in [-0.4, -0.2) is 40.2 Å². The first-order chi connectivity index (χ1) is 10.6. The molecule has 0 aromatic carbocycles. The van der Waals surface area contributed by atoms with Crippen molar-refractivity contribution in [3.05, 3.63) is 20.7 Å². The Morgan fingerprint density at radius 3 is 3.18 bits per heavy atom. The SMILES string of the molecule is N#Cc1cnc(N[C@H]2CCCN(C(=O)O)C2)c2cc(I)sc12.